The van der Waals surface area contributed by atoms with Gasteiger partial charge in [-0.05, 0) is 18.4 Å². The first-order valence-electron chi connectivity index (χ1n) is 10.9. The van der Waals surface area contributed by atoms with Gasteiger partial charge in [0.1, 0.15) is 6.33 Å². The van der Waals surface area contributed by atoms with Crippen molar-refractivity contribution >= 4 is 11.6 Å². The summed E-state index contributed by atoms with van der Waals surface area (Å²) < 4.78 is 16.6. The van der Waals surface area contributed by atoms with Crippen molar-refractivity contribution < 1.29 is 19.0 Å². The van der Waals surface area contributed by atoms with Gasteiger partial charge in [0.25, 0.3) is 5.88 Å². The van der Waals surface area contributed by atoms with E-state index in [1.807, 2.05) is 24.0 Å². The number of aromatic nitrogens is 3. The number of fused-ring (bicyclic) bond motifs is 1. The zero-order valence-electron chi connectivity index (χ0n) is 18.8. The highest BCUT2D eigenvalue weighted by atomic mass is 16.5. The van der Waals surface area contributed by atoms with E-state index < -0.39 is 0 Å². The van der Waals surface area contributed by atoms with E-state index in [0.29, 0.717) is 36.4 Å². The lowest BCUT2D eigenvalue weighted by molar-refractivity contribution is -0.129. The van der Waals surface area contributed by atoms with Crippen LogP contribution in [0.25, 0.3) is 0 Å². The Labute approximate surface area is 188 Å². The number of hydrogen-bond acceptors (Lipinski definition) is 8. The van der Waals surface area contributed by atoms with Crippen LogP contribution >= 0.6 is 0 Å². The fourth-order valence-corrected chi connectivity index (χ4v) is 4.14. The minimum atomic E-state index is 0.205. The molecular weight excluding hydrogens is 410 g/mol. The highest BCUT2D eigenvalue weighted by molar-refractivity contribution is 5.76. The first-order valence-corrected chi connectivity index (χ1v) is 10.9. The molecule has 32 heavy (non-hydrogen) atoms. The number of rotatable bonds is 7. The summed E-state index contributed by atoms with van der Waals surface area (Å²) in [6.45, 7) is 4.86. The van der Waals surface area contributed by atoms with Crippen LogP contribution in [0.4, 0.5) is 5.69 Å². The lowest BCUT2D eigenvalue weighted by Gasteiger charge is -2.30. The van der Waals surface area contributed by atoms with Crippen molar-refractivity contribution in [1.82, 2.24) is 19.9 Å². The van der Waals surface area contributed by atoms with Gasteiger partial charge in [0.15, 0.2) is 5.75 Å². The molecule has 0 saturated carbocycles. The Bertz CT molecular complexity index is 996. The number of likely N-dealkylation sites (tertiary alicyclic amines) is 1. The monoisotopic (exact) mass is 439 g/mol. The Balaban J connectivity index is 1.45. The summed E-state index contributed by atoms with van der Waals surface area (Å²) in [5.74, 6) is 2.11. The standard InChI is InChI=1S/C23H29N5O4/c1-4-21(29)28-8-5-16(13-28)7-10-32-22-18-14-27(9-6-19(18)25-15-26-22)17-11-20(30-2)23(31-3)24-12-17/h7,10-12,15-16H,4-6,8-9,13-14H2,1-3H3. The second-order valence-corrected chi connectivity index (χ2v) is 7.87. The Hall–Kier alpha value is -3.36. The van der Waals surface area contributed by atoms with Gasteiger partial charge in [0.05, 0.1) is 50.2 Å². The minimum Gasteiger partial charge on any atom is -0.491 e. The Kier molecular flexibility index (Phi) is 6.72. The van der Waals surface area contributed by atoms with Gasteiger partial charge in [-0.25, -0.2) is 15.0 Å². The fourth-order valence-electron chi connectivity index (χ4n) is 4.14. The first kappa shape index (κ1) is 21.9. The van der Waals surface area contributed by atoms with E-state index >= 15 is 0 Å². The van der Waals surface area contributed by atoms with Crippen molar-refractivity contribution in [2.45, 2.75) is 32.7 Å². The highest BCUT2D eigenvalue weighted by Crippen LogP contribution is 2.33. The number of anilines is 1. The molecule has 0 aromatic carbocycles. The summed E-state index contributed by atoms with van der Waals surface area (Å²) in [5.41, 5.74) is 2.89. The molecule has 4 rings (SSSR count). The van der Waals surface area contributed by atoms with Crippen LogP contribution in [0.15, 0.2) is 30.9 Å². The van der Waals surface area contributed by atoms with Gasteiger partial charge in [0.2, 0.25) is 11.8 Å². The maximum Gasteiger partial charge on any atom is 0.256 e. The van der Waals surface area contributed by atoms with Crippen LogP contribution in [-0.4, -0.2) is 59.6 Å². The molecule has 0 aliphatic carbocycles. The predicted octanol–water partition coefficient (Wildman–Crippen LogP) is 2.60. The molecule has 0 radical (unpaired) electrons. The molecule has 1 amide bonds. The molecule has 9 nitrogen and oxygen atoms in total. The molecule has 1 saturated heterocycles. The van der Waals surface area contributed by atoms with Crippen LogP contribution in [0.2, 0.25) is 0 Å². The van der Waals surface area contributed by atoms with Crippen LogP contribution in [0.3, 0.4) is 0 Å². The first-order chi connectivity index (χ1) is 15.6. The average Bonchev–Trinajstić information content (AvgIpc) is 3.32. The van der Waals surface area contributed by atoms with Crippen LogP contribution in [-0.2, 0) is 17.8 Å². The number of carbonyl (C=O) groups excluding carboxylic acids is 1. The van der Waals surface area contributed by atoms with Gasteiger partial charge in [-0.3, -0.25) is 4.79 Å². The molecule has 2 aromatic heterocycles. The molecule has 1 fully saturated rings. The average molecular weight is 440 g/mol. The smallest absolute Gasteiger partial charge is 0.256 e. The maximum atomic E-state index is 11.9. The topological polar surface area (TPSA) is 89.9 Å². The Morgan fingerprint density at radius 3 is 2.84 bits per heavy atom. The molecule has 2 aliphatic heterocycles. The van der Waals surface area contributed by atoms with E-state index in [4.69, 9.17) is 14.2 Å². The van der Waals surface area contributed by atoms with Crippen LogP contribution in [0.1, 0.15) is 31.0 Å². The van der Waals surface area contributed by atoms with Gasteiger partial charge in [-0.2, -0.15) is 0 Å². The predicted molar refractivity (Wildman–Crippen MR) is 119 cm³/mol. The maximum absolute atomic E-state index is 11.9. The minimum absolute atomic E-state index is 0.205. The third-order valence-corrected chi connectivity index (χ3v) is 5.96. The molecule has 2 aromatic rings. The highest BCUT2D eigenvalue weighted by Gasteiger charge is 2.25. The summed E-state index contributed by atoms with van der Waals surface area (Å²) in [6, 6.07) is 1.92. The molecule has 1 unspecified atom stereocenters. The Morgan fingerprint density at radius 1 is 1.19 bits per heavy atom. The molecule has 2 aliphatic rings. The van der Waals surface area contributed by atoms with Gasteiger partial charge >= 0.3 is 0 Å². The molecule has 0 spiro atoms. The van der Waals surface area contributed by atoms with E-state index in [1.54, 1.807) is 33.0 Å². The van der Waals surface area contributed by atoms with Crippen LogP contribution in [0.5, 0.6) is 17.5 Å². The molecule has 1 atom stereocenters. The lowest BCUT2D eigenvalue weighted by atomic mass is 10.1. The second kappa shape index (κ2) is 9.84. The molecule has 0 bridgehead atoms. The van der Waals surface area contributed by atoms with Crippen molar-refractivity contribution in [3.63, 3.8) is 0 Å². The number of pyridine rings is 1. The van der Waals surface area contributed by atoms with Crippen LogP contribution in [0, 0.1) is 5.92 Å². The Morgan fingerprint density at radius 2 is 2.06 bits per heavy atom. The summed E-state index contributed by atoms with van der Waals surface area (Å²) in [7, 11) is 3.17. The molecule has 4 heterocycles. The van der Waals surface area contributed by atoms with Gasteiger partial charge < -0.3 is 24.0 Å². The van der Waals surface area contributed by atoms with Gasteiger partial charge in [0, 0.05) is 38.5 Å². The number of nitrogens with zero attached hydrogens (tertiary/aromatic N) is 5. The summed E-state index contributed by atoms with van der Waals surface area (Å²) in [6.07, 6.45) is 9.33. The third-order valence-electron chi connectivity index (χ3n) is 5.96. The van der Waals surface area contributed by atoms with E-state index in [0.717, 1.165) is 49.4 Å². The SMILES string of the molecule is CCC(=O)N1CCC(C=COc2ncnc3c2CN(c2cnc(OC)c(OC)c2)CC3)C1. The van der Waals surface area contributed by atoms with Crippen LogP contribution < -0.4 is 19.1 Å². The molecular formula is C23H29N5O4. The van der Waals surface area contributed by atoms with Gasteiger partial charge in [-0.1, -0.05) is 6.92 Å². The van der Waals surface area contributed by atoms with Crippen molar-refractivity contribution in [2.24, 2.45) is 5.92 Å². The number of amides is 1. The zero-order valence-corrected chi connectivity index (χ0v) is 18.8. The summed E-state index contributed by atoms with van der Waals surface area (Å²) in [5, 5.41) is 0. The van der Waals surface area contributed by atoms with Crippen molar-refractivity contribution in [1.29, 1.82) is 0 Å². The fraction of sp³-hybridized carbons (Fsp3) is 0.478. The third kappa shape index (κ3) is 4.61. The zero-order chi connectivity index (χ0) is 22.5. The van der Waals surface area contributed by atoms with Gasteiger partial charge in [-0.15, -0.1) is 0 Å². The second-order valence-electron chi connectivity index (χ2n) is 7.87. The molecule has 0 N–H and O–H groups in total. The summed E-state index contributed by atoms with van der Waals surface area (Å²) in [4.78, 5) is 29.1. The molecule has 170 valence electrons. The number of carbonyl (C=O) groups is 1. The number of ether oxygens (including phenoxy) is 3. The quantitative estimate of drug-likeness (QED) is 0.608. The van der Waals surface area contributed by atoms with E-state index in [2.05, 4.69) is 19.9 Å². The summed E-state index contributed by atoms with van der Waals surface area (Å²) >= 11 is 0. The van der Waals surface area contributed by atoms with Crippen molar-refractivity contribution in [2.75, 3.05) is 38.8 Å². The normalized spacial score (nSPS) is 18.0. The molecule has 9 heteroatoms. The lowest BCUT2D eigenvalue weighted by Crippen LogP contribution is -2.31. The van der Waals surface area contributed by atoms with Crippen molar-refractivity contribution in [3.8, 4) is 17.5 Å². The largest absolute Gasteiger partial charge is 0.491 e. The number of methoxy groups -OCH3 is 2. The number of hydrogen-bond donors (Lipinski definition) is 0. The van der Waals surface area contributed by atoms with E-state index in [1.165, 1.54) is 0 Å². The van der Waals surface area contributed by atoms with Crippen molar-refractivity contribution in [3.05, 3.63) is 42.2 Å². The van der Waals surface area contributed by atoms with E-state index in [-0.39, 0.29) is 5.91 Å². The van der Waals surface area contributed by atoms with E-state index in [9.17, 15) is 4.79 Å².